The number of aliphatic hydroxyl groups excluding tert-OH is 1. The van der Waals surface area contributed by atoms with Crippen LogP contribution < -0.4 is 0 Å². The van der Waals surface area contributed by atoms with Gasteiger partial charge in [0.25, 0.3) is 0 Å². The second-order valence-electron chi connectivity index (χ2n) is 6.72. The second-order valence-corrected chi connectivity index (χ2v) is 6.72. The standard InChI is InChI=1S/C18H22N2O2/c21-12-18-11-20(10-16(18)6-8-22-13-18)9-15-4-1-3-14-5-2-7-19-17(14)15/h1-5,7,16,21H,6,8-13H2/t16-,18+/m0/s1. The summed E-state index contributed by atoms with van der Waals surface area (Å²) >= 11 is 0. The Hall–Kier alpha value is -1.49. The van der Waals surface area contributed by atoms with Gasteiger partial charge < -0.3 is 9.84 Å². The van der Waals surface area contributed by atoms with Crippen molar-refractivity contribution in [2.45, 2.75) is 13.0 Å². The summed E-state index contributed by atoms with van der Waals surface area (Å²) < 4.78 is 5.65. The fourth-order valence-corrected chi connectivity index (χ4v) is 4.09. The Bertz CT molecular complexity index is 670. The molecule has 1 N–H and O–H groups in total. The maximum Gasteiger partial charge on any atom is 0.0746 e. The molecular formula is C18H22N2O2. The number of benzene rings is 1. The molecule has 0 unspecified atom stereocenters. The Balaban J connectivity index is 1.59. The highest BCUT2D eigenvalue weighted by Crippen LogP contribution is 2.41. The first-order valence-electron chi connectivity index (χ1n) is 8.04. The van der Waals surface area contributed by atoms with Crippen LogP contribution in [0.4, 0.5) is 0 Å². The van der Waals surface area contributed by atoms with E-state index in [-0.39, 0.29) is 12.0 Å². The summed E-state index contributed by atoms with van der Waals surface area (Å²) in [4.78, 5) is 7.01. The molecular weight excluding hydrogens is 276 g/mol. The number of rotatable bonds is 3. The van der Waals surface area contributed by atoms with E-state index in [9.17, 15) is 5.11 Å². The number of aliphatic hydroxyl groups is 1. The zero-order chi connectivity index (χ0) is 15.0. The van der Waals surface area contributed by atoms with Crippen molar-refractivity contribution in [1.82, 2.24) is 9.88 Å². The second kappa shape index (κ2) is 5.61. The normalized spacial score (nSPS) is 28.9. The molecule has 2 fully saturated rings. The van der Waals surface area contributed by atoms with Gasteiger partial charge >= 0.3 is 0 Å². The molecule has 4 rings (SSSR count). The third kappa shape index (κ3) is 2.32. The van der Waals surface area contributed by atoms with E-state index in [1.165, 1.54) is 10.9 Å². The third-order valence-corrected chi connectivity index (χ3v) is 5.31. The molecule has 2 atom stereocenters. The number of fused-ring (bicyclic) bond motifs is 2. The molecule has 0 bridgehead atoms. The maximum absolute atomic E-state index is 9.89. The molecule has 1 aromatic heterocycles. The number of ether oxygens (including phenoxy) is 1. The zero-order valence-electron chi connectivity index (χ0n) is 12.7. The van der Waals surface area contributed by atoms with Crippen molar-refractivity contribution in [3.8, 4) is 0 Å². The first kappa shape index (κ1) is 14.1. The minimum atomic E-state index is -0.0593. The Morgan fingerprint density at radius 3 is 3.09 bits per heavy atom. The fraction of sp³-hybridized carbons (Fsp3) is 0.500. The Morgan fingerprint density at radius 2 is 2.23 bits per heavy atom. The van der Waals surface area contributed by atoms with Crippen molar-refractivity contribution in [2.75, 3.05) is 32.9 Å². The van der Waals surface area contributed by atoms with E-state index in [1.54, 1.807) is 0 Å². The minimum Gasteiger partial charge on any atom is -0.396 e. The van der Waals surface area contributed by atoms with Gasteiger partial charge in [-0.2, -0.15) is 0 Å². The molecule has 2 aliphatic heterocycles. The first-order valence-corrected chi connectivity index (χ1v) is 8.04. The van der Waals surface area contributed by atoms with Crippen LogP contribution in [0.1, 0.15) is 12.0 Å². The van der Waals surface area contributed by atoms with Crippen molar-refractivity contribution in [3.05, 3.63) is 42.1 Å². The molecule has 0 spiro atoms. The quantitative estimate of drug-likeness (QED) is 0.942. The number of para-hydroxylation sites is 1. The zero-order valence-corrected chi connectivity index (χ0v) is 12.7. The lowest BCUT2D eigenvalue weighted by molar-refractivity contribution is -0.0561. The molecule has 0 aliphatic carbocycles. The van der Waals surface area contributed by atoms with Gasteiger partial charge in [0.2, 0.25) is 0 Å². The van der Waals surface area contributed by atoms with Crippen molar-refractivity contribution >= 4 is 10.9 Å². The number of nitrogens with zero attached hydrogens (tertiary/aromatic N) is 2. The molecule has 0 radical (unpaired) electrons. The number of hydrogen-bond acceptors (Lipinski definition) is 4. The van der Waals surface area contributed by atoms with E-state index in [1.807, 2.05) is 12.3 Å². The molecule has 4 nitrogen and oxygen atoms in total. The van der Waals surface area contributed by atoms with E-state index in [4.69, 9.17) is 4.74 Å². The summed E-state index contributed by atoms with van der Waals surface area (Å²) in [5.74, 6) is 0.550. The lowest BCUT2D eigenvalue weighted by atomic mass is 9.76. The summed E-state index contributed by atoms with van der Waals surface area (Å²) in [6.07, 6.45) is 2.92. The summed E-state index contributed by atoms with van der Waals surface area (Å²) in [5, 5.41) is 11.1. The molecule has 3 heterocycles. The number of aromatic nitrogens is 1. The van der Waals surface area contributed by atoms with Crippen LogP contribution in [0.25, 0.3) is 10.9 Å². The van der Waals surface area contributed by atoms with Crippen LogP contribution in [0.5, 0.6) is 0 Å². The van der Waals surface area contributed by atoms with Crippen molar-refractivity contribution in [1.29, 1.82) is 0 Å². The molecule has 1 aromatic carbocycles. The number of likely N-dealkylation sites (tertiary alicyclic amines) is 1. The van der Waals surface area contributed by atoms with Gasteiger partial charge in [0, 0.05) is 43.2 Å². The Kier molecular flexibility index (Phi) is 3.60. The summed E-state index contributed by atoms with van der Waals surface area (Å²) in [6.45, 7) is 4.60. The van der Waals surface area contributed by atoms with Gasteiger partial charge in [-0.1, -0.05) is 24.3 Å². The predicted octanol–water partition coefficient (Wildman–Crippen LogP) is 2.07. The smallest absolute Gasteiger partial charge is 0.0746 e. The van der Waals surface area contributed by atoms with Gasteiger partial charge in [-0.15, -0.1) is 0 Å². The van der Waals surface area contributed by atoms with Crippen LogP contribution in [-0.4, -0.2) is 47.9 Å². The average molecular weight is 298 g/mol. The van der Waals surface area contributed by atoms with Crippen LogP contribution in [0, 0.1) is 11.3 Å². The monoisotopic (exact) mass is 298 g/mol. The largest absolute Gasteiger partial charge is 0.396 e. The molecule has 2 saturated heterocycles. The molecule has 2 aromatic rings. The summed E-state index contributed by atoms with van der Waals surface area (Å²) in [6, 6.07) is 10.5. The first-order chi connectivity index (χ1) is 10.8. The van der Waals surface area contributed by atoms with E-state index in [0.717, 1.165) is 38.2 Å². The lowest BCUT2D eigenvalue weighted by Crippen LogP contribution is -2.42. The van der Waals surface area contributed by atoms with Crippen molar-refractivity contribution in [2.24, 2.45) is 11.3 Å². The average Bonchev–Trinajstić information content (AvgIpc) is 2.94. The number of pyridine rings is 1. The van der Waals surface area contributed by atoms with Crippen LogP contribution >= 0.6 is 0 Å². The van der Waals surface area contributed by atoms with Gasteiger partial charge in [-0.05, 0) is 24.0 Å². The van der Waals surface area contributed by atoms with Crippen molar-refractivity contribution < 1.29 is 9.84 Å². The molecule has 4 heteroatoms. The Morgan fingerprint density at radius 1 is 1.32 bits per heavy atom. The summed E-state index contributed by atoms with van der Waals surface area (Å²) in [7, 11) is 0. The van der Waals surface area contributed by atoms with Crippen LogP contribution in [-0.2, 0) is 11.3 Å². The molecule has 2 aliphatic rings. The summed E-state index contributed by atoms with van der Waals surface area (Å²) in [5.41, 5.74) is 2.30. The van der Waals surface area contributed by atoms with E-state index in [2.05, 4.69) is 34.1 Å². The topological polar surface area (TPSA) is 45.6 Å². The highest BCUT2D eigenvalue weighted by molar-refractivity contribution is 5.81. The van der Waals surface area contributed by atoms with Crippen LogP contribution in [0.3, 0.4) is 0 Å². The minimum absolute atomic E-state index is 0.0593. The van der Waals surface area contributed by atoms with Crippen molar-refractivity contribution in [3.63, 3.8) is 0 Å². The lowest BCUT2D eigenvalue weighted by Gasteiger charge is -2.36. The van der Waals surface area contributed by atoms with E-state index in [0.29, 0.717) is 12.5 Å². The van der Waals surface area contributed by atoms with E-state index < -0.39 is 0 Å². The molecule has 22 heavy (non-hydrogen) atoms. The molecule has 0 amide bonds. The SMILES string of the molecule is OC[C@]12COCC[C@H]1CN(Cc1cccc3cccnc13)C2. The van der Waals surface area contributed by atoms with Gasteiger partial charge in [0.15, 0.2) is 0 Å². The molecule has 116 valence electrons. The van der Waals surface area contributed by atoms with Gasteiger partial charge in [-0.3, -0.25) is 9.88 Å². The Labute approximate surface area is 130 Å². The highest BCUT2D eigenvalue weighted by Gasteiger charge is 2.47. The van der Waals surface area contributed by atoms with Crippen LogP contribution in [0.2, 0.25) is 0 Å². The predicted molar refractivity (Wildman–Crippen MR) is 85.5 cm³/mol. The highest BCUT2D eigenvalue weighted by atomic mass is 16.5. The van der Waals surface area contributed by atoms with Crippen LogP contribution in [0.15, 0.2) is 36.5 Å². The fourth-order valence-electron chi connectivity index (χ4n) is 4.09. The number of hydrogen-bond donors (Lipinski definition) is 1. The van der Waals surface area contributed by atoms with E-state index >= 15 is 0 Å². The molecule has 0 saturated carbocycles. The van der Waals surface area contributed by atoms with Gasteiger partial charge in [0.1, 0.15) is 0 Å². The third-order valence-electron chi connectivity index (χ3n) is 5.31. The maximum atomic E-state index is 9.89. The van der Waals surface area contributed by atoms with Gasteiger partial charge in [0.05, 0.1) is 18.7 Å². The van der Waals surface area contributed by atoms with Gasteiger partial charge in [-0.25, -0.2) is 0 Å².